The Bertz CT molecular complexity index is 536. The Hall–Kier alpha value is -1.66. The van der Waals surface area contributed by atoms with Crippen molar-refractivity contribution in [3.05, 3.63) is 23.6 Å². The summed E-state index contributed by atoms with van der Waals surface area (Å²) >= 11 is 1.43. The lowest BCUT2D eigenvalue weighted by molar-refractivity contribution is 0.122. The zero-order valence-electron chi connectivity index (χ0n) is 9.87. The van der Waals surface area contributed by atoms with Crippen LogP contribution < -0.4 is 10.6 Å². The van der Waals surface area contributed by atoms with Crippen molar-refractivity contribution in [2.24, 2.45) is 0 Å². The summed E-state index contributed by atoms with van der Waals surface area (Å²) in [5, 5.41) is 2.50. The van der Waals surface area contributed by atoms with E-state index in [-0.39, 0.29) is 0 Å². The molecule has 0 saturated carbocycles. The second kappa shape index (κ2) is 4.91. The SMILES string of the molecule is Nc1nc(-c2cccc(N3CCOCC3)n2)cs1. The molecule has 0 radical (unpaired) electrons. The number of hydrogen-bond acceptors (Lipinski definition) is 6. The summed E-state index contributed by atoms with van der Waals surface area (Å²) in [5.74, 6) is 0.974. The maximum atomic E-state index is 5.65. The van der Waals surface area contributed by atoms with Crippen molar-refractivity contribution in [1.29, 1.82) is 0 Å². The molecule has 0 bridgehead atoms. The van der Waals surface area contributed by atoms with Gasteiger partial charge in [0.1, 0.15) is 11.5 Å². The highest BCUT2D eigenvalue weighted by Gasteiger charge is 2.13. The van der Waals surface area contributed by atoms with Crippen LogP contribution in [0.3, 0.4) is 0 Å². The molecule has 0 aromatic carbocycles. The van der Waals surface area contributed by atoms with Crippen LogP contribution in [0.5, 0.6) is 0 Å². The van der Waals surface area contributed by atoms with Crippen LogP contribution in [-0.4, -0.2) is 36.3 Å². The lowest BCUT2D eigenvalue weighted by atomic mass is 10.3. The van der Waals surface area contributed by atoms with Crippen LogP contribution in [0.4, 0.5) is 10.9 Å². The third-order valence-corrected chi connectivity index (χ3v) is 3.53. The molecule has 0 aliphatic carbocycles. The van der Waals surface area contributed by atoms with Gasteiger partial charge in [-0.05, 0) is 12.1 Å². The van der Waals surface area contributed by atoms with Crippen LogP contribution in [0, 0.1) is 0 Å². The van der Waals surface area contributed by atoms with Crippen LogP contribution in [0.2, 0.25) is 0 Å². The Kier molecular flexibility index (Phi) is 3.12. The highest BCUT2D eigenvalue weighted by molar-refractivity contribution is 7.13. The minimum absolute atomic E-state index is 0.573. The third kappa shape index (κ3) is 2.30. The molecule has 1 saturated heterocycles. The maximum Gasteiger partial charge on any atom is 0.180 e. The third-order valence-electron chi connectivity index (χ3n) is 2.85. The molecule has 1 aliphatic rings. The van der Waals surface area contributed by atoms with Crippen LogP contribution in [0.1, 0.15) is 0 Å². The first-order valence-electron chi connectivity index (χ1n) is 5.84. The molecule has 3 heterocycles. The molecule has 2 N–H and O–H groups in total. The first-order chi connectivity index (χ1) is 8.83. The Morgan fingerprint density at radius 3 is 2.72 bits per heavy atom. The number of nitrogens with two attached hydrogens (primary N) is 1. The zero-order chi connectivity index (χ0) is 12.4. The van der Waals surface area contributed by atoms with E-state index in [1.165, 1.54) is 11.3 Å². The number of thiazole rings is 1. The smallest absolute Gasteiger partial charge is 0.180 e. The van der Waals surface area contributed by atoms with Gasteiger partial charge in [0.25, 0.3) is 0 Å². The van der Waals surface area contributed by atoms with Gasteiger partial charge in [0.2, 0.25) is 0 Å². The zero-order valence-corrected chi connectivity index (χ0v) is 10.7. The van der Waals surface area contributed by atoms with Crippen LogP contribution >= 0.6 is 11.3 Å². The van der Waals surface area contributed by atoms with Gasteiger partial charge in [-0.3, -0.25) is 0 Å². The van der Waals surface area contributed by atoms with Gasteiger partial charge in [0, 0.05) is 18.5 Å². The summed E-state index contributed by atoms with van der Waals surface area (Å²) in [6, 6.07) is 5.98. The summed E-state index contributed by atoms with van der Waals surface area (Å²) in [4.78, 5) is 11.1. The number of ether oxygens (including phenoxy) is 1. The van der Waals surface area contributed by atoms with Gasteiger partial charge in [0.15, 0.2) is 5.13 Å². The number of rotatable bonds is 2. The monoisotopic (exact) mass is 262 g/mol. The Morgan fingerprint density at radius 1 is 1.17 bits per heavy atom. The summed E-state index contributed by atoms with van der Waals surface area (Å²) in [6.07, 6.45) is 0. The second-order valence-electron chi connectivity index (χ2n) is 4.05. The summed E-state index contributed by atoms with van der Waals surface area (Å²) < 4.78 is 5.34. The lowest BCUT2D eigenvalue weighted by Gasteiger charge is -2.27. The number of aromatic nitrogens is 2. The number of hydrogen-bond donors (Lipinski definition) is 1. The van der Waals surface area contributed by atoms with Crippen LogP contribution in [-0.2, 0) is 4.74 Å². The highest BCUT2D eigenvalue weighted by atomic mass is 32.1. The highest BCUT2D eigenvalue weighted by Crippen LogP contribution is 2.23. The first-order valence-corrected chi connectivity index (χ1v) is 6.72. The van der Waals surface area contributed by atoms with Crippen molar-refractivity contribution in [2.45, 2.75) is 0 Å². The molecule has 18 heavy (non-hydrogen) atoms. The predicted molar refractivity (Wildman–Crippen MR) is 72.8 cm³/mol. The number of pyridine rings is 1. The normalized spacial score (nSPS) is 15.9. The topological polar surface area (TPSA) is 64.3 Å². The Morgan fingerprint density at radius 2 is 2.00 bits per heavy atom. The van der Waals surface area contributed by atoms with Crippen LogP contribution in [0.25, 0.3) is 11.4 Å². The standard InChI is InChI=1S/C12H14N4OS/c13-12-15-10(8-18-12)9-2-1-3-11(14-9)16-4-6-17-7-5-16/h1-3,8H,4-7H2,(H2,13,15). The minimum Gasteiger partial charge on any atom is -0.378 e. The predicted octanol–water partition coefficient (Wildman–Crippen LogP) is 1.62. The van der Waals surface area contributed by atoms with Crippen molar-refractivity contribution in [3.63, 3.8) is 0 Å². The van der Waals surface area contributed by atoms with Crippen molar-refractivity contribution < 1.29 is 4.74 Å². The molecule has 2 aromatic heterocycles. The molecule has 94 valence electrons. The van der Waals surface area contributed by atoms with Crippen molar-refractivity contribution >= 4 is 22.3 Å². The van der Waals surface area contributed by atoms with E-state index in [0.29, 0.717) is 5.13 Å². The van der Waals surface area contributed by atoms with E-state index in [4.69, 9.17) is 10.5 Å². The van der Waals surface area contributed by atoms with Gasteiger partial charge in [-0.15, -0.1) is 11.3 Å². The molecule has 0 amide bonds. The summed E-state index contributed by atoms with van der Waals surface area (Å²) in [6.45, 7) is 3.29. The summed E-state index contributed by atoms with van der Waals surface area (Å²) in [7, 11) is 0. The Labute approximate surface area is 109 Å². The lowest BCUT2D eigenvalue weighted by Crippen LogP contribution is -2.36. The van der Waals surface area contributed by atoms with E-state index in [2.05, 4.69) is 14.9 Å². The second-order valence-corrected chi connectivity index (χ2v) is 4.94. The van der Waals surface area contributed by atoms with Crippen LogP contribution in [0.15, 0.2) is 23.6 Å². The Balaban J connectivity index is 1.88. The van der Waals surface area contributed by atoms with Gasteiger partial charge in [0.05, 0.1) is 18.9 Å². The average molecular weight is 262 g/mol. The van der Waals surface area contributed by atoms with E-state index in [1.807, 2.05) is 23.6 Å². The number of nitrogens with zero attached hydrogens (tertiary/aromatic N) is 3. The molecular formula is C12H14N4OS. The van der Waals surface area contributed by atoms with Crippen molar-refractivity contribution in [2.75, 3.05) is 36.9 Å². The molecule has 3 rings (SSSR count). The van der Waals surface area contributed by atoms with E-state index in [0.717, 1.165) is 43.5 Å². The van der Waals surface area contributed by atoms with E-state index >= 15 is 0 Å². The summed E-state index contributed by atoms with van der Waals surface area (Å²) in [5.41, 5.74) is 7.36. The number of nitrogen functional groups attached to an aromatic ring is 1. The largest absolute Gasteiger partial charge is 0.378 e. The molecular weight excluding hydrogens is 248 g/mol. The maximum absolute atomic E-state index is 5.65. The van der Waals surface area contributed by atoms with E-state index in [1.54, 1.807) is 0 Å². The number of anilines is 2. The van der Waals surface area contributed by atoms with Gasteiger partial charge in [-0.1, -0.05) is 6.07 Å². The van der Waals surface area contributed by atoms with Crippen molar-refractivity contribution in [3.8, 4) is 11.4 Å². The molecule has 6 heteroatoms. The number of morpholine rings is 1. The molecule has 0 atom stereocenters. The van der Waals surface area contributed by atoms with E-state index < -0.39 is 0 Å². The fourth-order valence-corrected chi connectivity index (χ4v) is 2.50. The minimum atomic E-state index is 0.573. The first kappa shape index (κ1) is 11.4. The molecule has 0 spiro atoms. The fraction of sp³-hybridized carbons (Fsp3) is 0.333. The van der Waals surface area contributed by atoms with Gasteiger partial charge in [-0.2, -0.15) is 0 Å². The van der Waals surface area contributed by atoms with Crippen molar-refractivity contribution in [1.82, 2.24) is 9.97 Å². The van der Waals surface area contributed by atoms with Gasteiger partial charge >= 0.3 is 0 Å². The molecule has 0 unspecified atom stereocenters. The molecule has 1 fully saturated rings. The fourth-order valence-electron chi connectivity index (χ4n) is 1.94. The average Bonchev–Trinajstić information content (AvgIpc) is 2.87. The quantitative estimate of drug-likeness (QED) is 0.891. The molecule has 5 nitrogen and oxygen atoms in total. The van der Waals surface area contributed by atoms with E-state index in [9.17, 15) is 0 Å². The van der Waals surface area contributed by atoms with Gasteiger partial charge < -0.3 is 15.4 Å². The van der Waals surface area contributed by atoms with Gasteiger partial charge in [-0.25, -0.2) is 9.97 Å². The molecule has 1 aliphatic heterocycles. The molecule has 2 aromatic rings.